The summed E-state index contributed by atoms with van der Waals surface area (Å²) in [7, 11) is 0. The second-order valence-electron chi connectivity index (χ2n) is 4.85. The third-order valence-corrected chi connectivity index (χ3v) is 5.45. The second kappa shape index (κ2) is 3.48. The summed E-state index contributed by atoms with van der Waals surface area (Å²) in [5.41, 5.74) is 0.700. The van der Waals surface area contributed by atoms with Crippen molar-refractivity contribution in [2.75, 3.05) is 4.90 Å². The van der Waals surface area contributed by atoms with Crippen LogP contribution in [0, 0.1) is 11.8 Å². The van der Waals surface area contributed by atoms with Crippen molar-refractivity contribution in [2.24, 2.45) is 11.8 Å². The van der Waals surface area contributed by atoms with Gasteiger partial charge in [0, 0.05) is 10.5 Å². The number of imide groups is 1. The van der Waals surface area contributed by atoms with Crippen LogP contribution in [0.25, 0.3) is 0 Å². The number of carbonyl (C=O) groups is 2. The normalized spacial score (nSPS) is 36.6. The predicted molar refractivity (Wildman–Crippen MR) is 70.2 cm³/mol. The molecule has 3 aliphatic heterocycles. The first-order valence-corrected chi connectivity index (χ1v) is 6.98. The summed E-state index contributed by atoms with van der Waals surface area (Å²) in [5.74, 6) is -0.337. The SMILES string of the molecule is O=C1C2C(C(=O)N1c1ccccc1)[C@H]1C=C[C@@H]2S1. The molecule has 0 spiro atoms. The number of anilines is 1. The standard InChI is InChI=1S/C14H11NO2S/c16-13-11-9-6-7-10(18-9)12(11)14(17)15(13)8-4-2-1-3-5-8/h1-7,9-12H/t9-,10+,11?,12?. The maximum Gasteiger partial charge on any atom is 0.239 e. The fraction of sp³-hybridized carbons (Fsp3) is 0.286. The lowest BCUT2D eigenvalue weighted by atomic mass is 9.85. The average Bonchev–Trinajstić information content (AvgIpc) is 3.05. The topological polar surface area (TPSA) is 37.4 Å². The fourth-order valence-electron chi connectivity index (χ4n) is 3.14. The lowest BCUT2D eigenvalue weighted by Crippen LogP contribution is -2.33. The number of benzene rings is 1. The Morgan fingerprint density at radius 3 is 2.00 bits per heavy atom. The molecular weight excluding hydrogens is 246 g/mol. The number of fused-ring (bicyclic) bond motifs is 5. The Balaban J connectivity index is 1.77. The number of carbonyl (C=O) groups excluding carboxylic acids is 2. The van der Waals surface area contributed by atoms with Gasteiger partial charge in [0.25, 0.3) is 0 Å². The third-order valence-electron chi connectivity index (χ3n) is 3.92. The smallest absolute Gasteiger partial charge is 0.239 e. The quantitative estimate of drug-likeness (QED) is 0.569. The summed E-state index contributed by atoms with van der Waals surface area (Å²) in [6.45, 7) is 0. The Morgan fingerprint density at radius 2 is 1.44 bits per heavy atom. The van der Waals surface area contributed by atoms with Crippen LogP contribution in [-0.4, -0.2) is 22.3 Å². The van der Waals surface area contributed by atoms with Gasteiger partial charge in [0.15, 0.2) is 0 Å². The highest BCUT2D eigenvalue weighted by Gasteiger charge is 2.60. The summed E-state index contributed by atoms with van der Waals surface area (Å²) in [4.78, 5) is 26.3. The summed E-state index contributed by atoms with van der Waals surface area (Å²) in [5, 5.41) is 0.398. The molecule has 3 heterocycles. The number of nitrogens with zero attached hydrogens (tertiary/aromatic N) is 1. The second-order valence-corrected chi connectivity index (χ2v) is 6.21. The molecule has 1 aromatic rings. The van der Waals surface area contributed by atoms with Crippen LogP contribution in [0.4, 0.5) is 5.69 Å². The Labute approximate surface area is 109 Å². The van der Waals surface area contributed by atoms with E-state index in [4.69, 9.17) is 0 Å². The van der Waals surface area contributed by atoms with E-state index in [1.807, 2.05) is 30.3 Å². The van der Waals surface area contributed by atoms with Gasteiger partial charge in [0.1, 0.15) is 0 Å². The van der Waals surface area contributed by atoms with Gasteiger partial charge in [0.05, 0.1) is 17.5 Å². The number of hydrogen-bond donors (Lipinski definition) is 0. The lowest BCUT2D eigenvalue weighted by Gasteiger charge is -2.16. The van der Waals surface area contributed by atoms with E-state index in [9.17, 15) is 9.59 Å². The minimum absolute atomic E-state index is 0.0273. The number of para-hydroxylation sites is 1. The molecule has 3 aliphatic rings. The summed E-state index contributed by atoms with van der Waals surface area (Å²) >= 11 is 1.75. The van der Waals surface area contributed by atoms with Gasteiger partial charge in [-0.25, -0.2) is 4.90 Å². The van der Waals surface area contributed by atoms with Crippen LogP contribution in [0.5, 0.6) is 0 Å². The largest absolute Gasteiger partial charge is 0.274 e. The minimum atomic E-state index is -0.141. The van der Waals surface area contributed by atoms with Crippen molar-refractivity contribution >= 4 is 29.3 Å². The van der Waals surface area contributed by atoms with Gasteiger partial charge < -0.3 is 0 Å². The molecule has 2 unspecified atom stereocenters. The lowest BCUT2D eigenvalue weighted by molar-refractivity contribution is -0.122. The van der Waals surface area contributed by atoms with Gasteiger partial charge in [0.2, 0.25) is 11.8 Å². The zero-order valence-corrected chi connectivity index (χ0v) is 10.3. The maximum absolute atomic E-state index is 12.4. The number of amides is 2. The molecule has 0 aliphatic carbocycles. The van der Waals surface area contributed by atoms with Crippen LogP contribution in [-0.2, 0) is 9.59 Å². The van der Waals surface area contributed by atoms with Crippen molar-refractivity contribution in [1.29, 1.82) is 0 Å². The van der Waals surface area contributed by atoms with Crippen LogP contribution >= 0.6 is 11.8 Å². The highest BCUT2D eigenvalue weighted by Crippen LogP contribution is 2.53. The Hall–Kier alpha value is -1.55. The number of rotatable bonds is 1. The monoisotopic (exact) mass is 257 g/mol. The Morgan fingerprint density at radius 1 is 0.889 bits per heavy atom. The van der Waals surface area contributed by atoms with Crippen LogP contribution in [0.2, 0.25) is 0 Å². The molecule has 4 heteroatoms. The number of hydrogen-bond acceptors (Lipinski definition) is 3. The highest BCUT2D eigenvalue weighted by atomic mass is 32.2. The molecular formula is C14H11NO2S. The molecule has 4 rings (SSSR count). The number of thioether (sulfide) groups is 1. The Kier molecular flexibility index (Phi) is 2.01. The van der Waals surface area contributed by atoms with Crippen molar-refractivity contribution < 1.29 is 9.59 Å². The predicted octanol–water partition coefficient (Wildman–Crippen LogP) is 1.85. The molecule has 0 N–H and O–H groups in total. The molecule has 1 aromatic carbocycles. The Bertz CT molecular complexity index is 538. The van der Waals surface area contributed by atoms with Gasteiger partial charge in [-0.15, -0.1) is 11.8 Å². The van der Waals surface area contributed by atoms with E-state index in [0.717, 1.165) is 0 Å². The van der Waals surface area contributed by atoms with E-state index in [2.05, 4.69) is 12.2 Å². The van der Waals surface area contributed by atoms with Crippen LogP contribution in [0.1, 0.15) is 0 Å². The van der Waals surface area contributed by atoms with E-state index in [1.165, 1.54) is 4.90 Å². The van der Waals surface area contributed by atoms with E-state index in [0.29, 0.717) is 5.69 Å². The molecule has 90 valence electrons. The molecule has 4 atom stereocenters. The van der Waals surface area contributed by atoms with E-state index in [-0.39, 0.29) is 34.2 Å². The zero-order chi connectivity index (χ0) is 12.3. The molecule has 2 bridgehead atoms. The van der Waals surface area contributed by atoms with Gasteiger partial charge in [-0.2, -0.15) is 0 Å². The first-order chi connectivity index (χ1) is 8.77. The van der Waals surface area contributed by atoms with E-state index in [1.54, 1.807) is 11.8 Å². The van der Waals surface area contributed by atoms with Gasteiger partial charge in [-0.1, -0.05) is 30.4 Å². The van der Waals surface area contributed by atoms with Gasteiger partial charge in [-0.05, 0) is 12.1 Å². The third kappa shape index (κ3) is 1.16. The van der Waals surface area contributed by atoms with Crippen molar-refractivity contribution in [3.63, 3.8) is 0 Å². The summed E-state index contributed by atoms with van der Waals surface area (Å²) < 4.78 is 0. The zero-order valence-electron chi connectivity index (χ0n) is 9.52. The van der Waals surface area contributed by atoms with E-state index < -0.39 is 0 Å². The summed E-state index contributed by atoms with van der Waals surface area (Å²) in [6.07, 6.45) is 4.16. The van der Waals surface area contributed by atoms with Crippen molar-refractivity contribution in [1.82, 2.24) is 0 Å². The average molecular weight is 257 g/mol. The van der Waals surface area contributed by atoms with E-state index >= 15 is 0 Å². The first kappa shape index (κ1) is 10.4. The van der Waals surface area contributed by atoms with Crippen molar-refractivity contribution in [2.45, 2.75) is 10.5 Å². The molecule has 2 amide bonds. The first-order valence-electron chi connectivity index (χ1n) is 6.04. The maximum atomic E-state index is 12.4. The van der Waals surface area contributed by atoms with Gasteiger partial charge in [-0.3, -0.25) is 9.59 Å². The molecule has 3 nitrogen and oxygen atoms in total. The fourth-order valence-corrected chi connectivity index (χ4v) is 4.77. The van der Waals surface area contributed by atoms with Gasteiger partial charge >= 0.3 is 0 Å². The minimum Gasteiger partial charge on any atom is -0.274 e. The molecule has 2 fully saturated rings. The van der Waals surface area contributed by atoms with Crippen LogP contribution in [0.3, 0.4) is 0 Å². The van der Waals surface area contributed by atoms with Crippen LogP contribution < -0.4 is 4.90 Å². The molecule has 2 saturated heterocycles. The van der Waals surface area contributed by atoms with Crippen molar-refractivity contribution in [3.05, 3.63) is 42.5 Å². The molecule has 18 heavy (non-hydrogen) atoms. The van der Waals surface area contributed by atoms with Crippen molar-refractivity contribution in [3.8, 4) is 0 Å². The highest BCUT2D eigenvalue weighted by molar-refractivity contribution is 8.01. The molecule has 0 radical (unpaired) electrons. The summed E-state index contributed by atoms with van der Waals surface area (Å²) in [6, 6.07) is 9.23. The molecule has 0 aromatic heterocycles. The molecule has 0 saturated carbocycles. The van der Waals surface area contributed by atoms with Crippen LogP contribution in [0.15, 0.2) is 42.5 Å².